The molecule has 0 radical (unpaired) electrons. The van der Waals surface area contributed by atoms with Gasteiger partial charge >= 0.3 is 12.0 Å². The molecule has 1 aromatic rings. The van der Waals surface area contributed by atoms with Crippen molar-refractivity contribution in [2.45, 2.75) is 32.7 Å². The van der Waals surface area contributed by atoms with E-state index in [9.17, 15) is 0 Å². The number of nitrogen functional groups attached to an aromatic ring is 1. The number of nitrogens with one attached hydrogen (secondary N) is 1. The van der Waals surface area contributed by atoms with Crippen LogP contribution in [0.25, 0.3) is 0 Å². The van der Waals surface area contributed by atoms with Crippen LogP contribution in [-0.2, 0) is 0 Å². The molecule has 12 heavy (non-hydrogen) atoms. The van der Waals surface area contributed by atoms with Gasteiger partial charge in [0.15, 0.2) is 0 Å². The fraction of sp³-hybridized carbons (Fsp3) is 0.714. The van der Waals surface area contributed by atoms with Gasteiger partial charge in [-0.25, -0.2) is 0 Å². The van der Waals surface area contributed by atoms with E-state index in [1.165, 1.54) is 0 Å². The second-order valence-electron chi connectivity index (χ2n) is 2.60. The molecule has 0 aliphatic rings. The Labute approximate surface area is 71.3 Å². The van der Waals surface area contributed by atoms with E-state index in [-0.39, 0.29) is 6.01 Å². The lowest BCUT2D eigenvalue weighted by atomic mass is 10.2. The maximum atomic E-state index is 5.26. The van der Waals surface area contributed by atoms with Crippen molar-refractivity contribution in [3.63, 3.8) is 0 Å². The van der Waals surface area contributed by atoms with E-state index in [2.05, 4.69) is 29.4 Å². The molecule has 5 heteroatoms. The molecule has 0 aliphatic carbocycles. The lowest BCUT2D eigenvalue weighted by Crippen LogP contribution is -2.17. The second-order valence-corrected chi connectivity index (χ2v) is 2.60. The maximum Gasteiger partial charge on any atom is 0.317 e. The Bertz CT molecular complexity index is 231. The molecule has 0 saturated carbocycles. The van der Waals surface area contributed by atoms with E-state index >= 15 is 0 Å². The summed E-state index contributed by atoms with van der Waals surface area (Å²) in [6, 6.07) is 0.884. The van der Waals surface area contributed by atoms with Crippen molar-refractivity contribution in [2.24, 2.45) is 0 Å². The number of rotatable bonds is 4. The fourth-order valence-corrected chi connectivity index (χ4v) is 0.960. The fourth-order valence-electron chi connectivity index (χ4n) is 0.960. The van der Waals surface area contributed by atoms with Crippen LogP contribution in [0.5, 0.6) is 0 Å². The lowest BCUT2D eigenvalue weighted by Gasteiger charge is -2.11. The van der Waals surface area contributed by atoms with Crippen molar-refractivity contribution in [1.29, 1.82) is 0 Å². The van der Waals surface area contributed by atoms with Gasteiger partial charge in [-0.05, 0) is 12.8 Å². The average molecular weight is 170 g/mol. The Morgan fingerprint density at radius 2 is 2.08 bits per heavy atom. The van der Waals surface area contributed by atoms with Crippen LogP contribution >= 0.6 is 0 Å². The van der Waals surface area contributed by atoms with Crippen molar-refractivity contribution < 1.29 is 4.42 Å². The summed E-state index contributed by atoms with van der Waals surface area (Å²) in [4.78, 5) is 0. The van der Waals surface area contributed by atoms with Crippen LogP contribution in [-0.4, -0.2) is 16.2 Å². The highest BCUT2D eigenvalue weighted by Crippen LogP contribution is 2.10. The topological polar surface area (TPSA) is 77.0 Å². The molecule has 0 amide bonds. The number of hydrogen-bond acceptors (Lipinski definition) is 5. The molecule has 1 heterocycles. The first-order valence-corrected chi connectivity index (χ1v) is 4.11. The molecule has 0 aromatic carbocycles. The summed E-state index contributed by atoms with van der Waals surface area (Å²) in [5.41, 5.74) is 5.26. The first-order chi connectivity index (χ1) is 5.76. The van der Waals surface area contributed by atoms with Gasteiger partial charge in [0.1, 0.15) is 0 Å². The van der Waals surface area contributed by atoms with Gasteiger partial charge in [0.2, 0.25) is 0 Å². The highest BCUT2D eigenvalue weighted by Gasteiger charge is 2.07. The number of anilines is 2. The van der Waals surface area contributed by atoms with Crippen molar-refractivity contribution >= 4 is 12.0 Å². The van der Waals surface area contributed by atoms with Crippen LogP contribution in [0.4, 0.5) is 12.0 Å². The molecule has 68 valence electrons. The van der Waals surface area contributed by atoms with E-state index < -0.39 is 0 Å². The highest BCUT2D eigenvalue weighted by atomic mass is 16.4. The van der Waals surface area contributed by atoms with E-state index in [0.717, 1.165) is 12.8 Å². The Balaban J connectivity index is 2.50. The maximum absolute atomic E-state index is 5.26. The molecule has 1 rings (SSSR count). The first-order valence-electron chi connectivity index (χ1n) is 4.11. The minimum atomic E-state index is 0.100. The van der Waals surface area contributed by atoms with Gasteiger partial charge in [-0.1, -0.05) is 24.0 Å². The molecule has 0 saturated heterocycles. The Morgan fingerprint density at radius 3 is 2.50 bits per heavy atom. The van der Waals surface area contributed by atoms with Crippen LogP contribution in [0, 0.1) is 0 Å². The third-order valence-corrected chi connectivity index (χ3v) is 1.75. The number of aromatic nitrogens is 2. The third kappa shape index (κ3) is 2.11. The zero-order valence-electron chi connectivity index (χ0n) is 7.37. The van der Waals surface area contributed by atoms with Crippen LogP contribution in [0.2, 0.25) is 0 Å². The Morgan fingerprint density at radius 1 is 1.42 bits per heavy atom. The molecule has 0 atom stereocenters. The minimum Gasteiger partial charge on any atom is -0.390 e. The molecule has 0 aliphatic heterocycles. The summed E-state index contributed by atoms with van der Waals surface area (Å²) in [6.07, 6.45) is 2.05. The second kappa shape index (κ2) is 3.94. The van der Waals surface area contributed by atoms with Crippen molar-refractivity contribution in [1.82, 2.24) is 10.2 Å². The summed E-state index contributed by atoms with van der Waals surface area (Å²) in [6.45, 7) is 4.20. The predicted octanol–water partition coefficient (Wildman–Crippen LogP) is 1.25. The van der Waals surface area contributed by atoms with Crippen molar-refractivity contribution in [3.8, 4) is 0 Å². The quantitative estimate of drug-likeness (QED) is 0.711. The molecule has 3 N–H and O–H groups in total. The SMILES string of the molecule is CCC(CC)Nc1nnc(N)o1. The first kappa shape index (κ1) is 8.83. The monoisotopic (exact) mass is 170 g/mol. The van der Waals surface area contributed by atoms with Crippen LogP contribution in [0.3, 0.4) is 0 Å². The number of hydrogen-bond donors (Lipinski definition) is 2. The van der Waals surface area contributed by atoms with Gasteiger partial charge < -0.3 is 15.5 Å². The van der Waals surface area contributed by atoms with Crippen LogP contribution in [0.1, 0.15) is 26.7 Å². The largest absolute Gasteiger partial charge is 0.390 e. The molecule has 0 bridgehead atoms. The average Bonchev–Trinajstić information content (AvgIpc) is 2.47. The summed E-state index contributed by atoms with van der Waals surface area (Å²) in [7, 11) is 0. The third-order valence-electron chi connectivity index (χ3n) is 1.75. The lowest BCUT2D eigenvalue weighted by molar-refractivity contribution is 0.560. The smallest absolute Gasteiger partial charge is 0.317 e. The summed E-state index contributed by atoms with van der Waals surface area (Å²) in [5.74, 6) is 0. The summed E-state index contributed by atoms with van der Waals surface area (Å²) in [5, 5.41) is 10.3. The molecular formula is C7H14N4O. The van der Waals surface area contributed by atoms with E-state index in [1.54, 1.807) is 0 Å². The van der Waals surface area contributed by atoms with Crippen molar-refractivity contribution in [2.75, 3.05) is 11.1 Å². The standard InChI is InChI=1S/C7H14N4O/c1-3-5(4-2)9-7-11-10-6(8)12-7/h5H,3-4H2,1-2H3,(H2,8,10)(H,9,11). The molecule has 0 fully saturated rings. The number of nitrogens with zero attached hydrogens (tertiary/aromatic N) is 2. The molecule has 5 nitrogen and oxygen atoms in total. The van der Waals surface area contributed by atoms with Gasteiger partial charge in [-0.3, -0.25) is 0 Å². The minimum absolute atomic E-state index is 0.100. The summed E-state index contributed by atoms with van der Waals surface area (Å²) < 4.78 is 4.96. The molecule has 0 spiro atoms. The predicted molar refractivity (Wildman–Crippen MR) is 46.7 cm³/mol. The van der Waals surface area contributed by atoms with E-state index in [1.807, 2.05) is 0 Å². The zero-order chi connectivity index (χ0) is 8.97. The zero-order valence-corrected chi connectivity index (χ0v) is 7.37. The molecule has 1 aromatic heterocycles. The normalized spacial score (nSPS) is 10.6. The number of nitrogens with two attached hydrogens (primary N) is 1. The molecular weight excluding hydrogens is 156 g/mol. The Hall–Kier alpha value is -1.26. The molecule has 0 unspecified atom stereocenters. The Kier molecular flexibility index (Phi) is 2.90. The van der Waals surface area contributed by atoms with E-state index in [4.69, 9.17) is 10.2 Å². The van der Waals surface area contributed by atoms with Gasteiger partial charge in [0.25, 0.3) is 0 Å². The van der Waals surface area contributed by atoms with Crippen LogP contribution in [0.15, 0.2) is 4.42 Å². The van der Waals surface area contributed by atoms with Crippen LogP contribution < -0.4 is 11.1 Å². The highest BCUT2D eigenvalue weighted by molar-refractivity contribution is 5.23. The van der Waals surface area contributed by atoms with E-state index in [0.29, 0.717) is 12.1 Å². The summed E-state index contributed by atoms with van der Waals surface area (Å²) >= 11 is 0. The van der Waals surface area contributed by atoms with Gasteiger partial charge in [-0.2, -0.15) is 0 Å². The van der Waals surface area contributed by atoms with Crippen molar-refractivity contribution in [3.05, 3.63) is 0 Å². The van der Waals surface area contributed by atoms with Gasteiger partial charge in [0, 0.05) is 6.04 Å². The van der Waals surface area contributed by atoms with Gasteiger partial charge in [-0.15, -0.1) is 0 Å². The van der Waals surface area contributed by atoms with Gasteiger partial charge in [0.05, 0.1) is 0 Å².